The molecule has 0 saturated heterocycles. The molecule has 5 nitrogen and oxygen atoms in total. The fraction of sp³-hybridized carbons (Fsp3) is 0.412. The Morgan fingerprint density at radius 1 is 1.27 bits per heavy atom. The summed E-state index contributed by atoms with van der Waals surface area (Å²) in [7, 11) is 0. The van der Waals surface area contributed by atoms with E-state index in [4.69, 9.17) is 0 Å². The van der Waals surface area contributed by atoms with Crippen LogP contribution >= 0.6 is 0 Å². The third-order valence-electron chi connectivity index (χ3n) is 4.21. The van der Waals surface area contributed by atoms with E-state index < -0.39 is 12.0 Å². The molecule has 0 spiro atoms. The number of imidazole rings is 1. The maximum Gasteiger partial charge on any atom is 0.321 e. The van der Waals surface area contributed by atoms with Crippen LogP contribution in [0.2, 0.25) is 0 Å². The largest absolute Gasteiger partial charge is 0.480 e. The third-order valence-corrected chi connectivity index (χ3v) is 4.21. The van der Waals surface area contributed by atoms with E-state index in [-0.39, 0.29) is 11.5 Å². The minimum Gasteiger partial charge on any atom is -0.480 e. The second-order valence-corrected chi connectivity index (χ2v) is 6.83. The Hall–Kier alpha value is -2.14. The number of rotatable bonds is 2. The number of nitrogens with one attached hydrogen (secondary N) is 2. The van der Waals surface area contributed by atoms with Crippen molar-refractivity contribution in [2.24, 2.45) is 0 Å². The highest BCUT2D eigenvalue weighted by atomic mass is 16.4. The number of aliphatic carboxylic acids is 1. The molecule has 116 valence electrons. The van der Waals surface area contributed by atoms with Crippen molar-refractivity contribution in [3.05, 3.63) is 53.1 Å². The van der Waals surface area contributed by atoms with Gasteiger partial charge in [0.2, 0.25) is 0 Å². The molecule has 0 saturated carbocycles. The van der Waals surface area contributed by atoms with Crippen LogP contribution in [-0.2, 0) is 16.6 Å². The number of H-pyrrole nitrogens is 1. The lowest BCUT2D eigenvalue weighted by molar-refractivity contribution is -0.139. The molecule has 0 aliphatic carbocycles. The number of carboxylic acid groups (broad SMARTS) is 1. The highest BCUT2D eigenvalue weighted by molar-refractivity contribution is 5.74. The molecular weight excluding hydrogens is 278 g/mol. The fourth-order valence-electron chi connectivity index (χ4n) is 2.88. The molecule has 2 atom stereocenters. The molecule has 1 aromatic carbocycles. The predicted octanol–water partition coefficient (Wildman–Crippen LogP) is 2.40. The second-order valence-electron chi connectivity index (χ2n) is 6.83. The van der Waals surface area contributed by atoms with Gasteiger partial charge in [0, 0.05) is 12.1 Å². The molecule has 22 heavy (non-hydrogen) atoms. The molecule has 3 rings (SSSR count). The van der Waals surface area contributed by atoms with Gasteiger partial charge in [-0.1, -0.05) is 45.0 Å². The SMILES string of the molecule is CC(C)(C)c1ccc([C@@H]2N[C@H](C(=O)O)Cc3[nH]cnc32)cc1. The van der Waals surface area contributed by atoms with E-state index in [9.17, 15) is 9.90 Å². The Morgan fingerprint density at radius 3 is 2.55 bits per heavy atom. The van der Waals surface area contributed by atoms with E-state index in [0.29, 0.717) is 6.42 Å². The Morgan fingerprint density at radius 2 is 1.95 bits per heavy atom. The molecule has 0 amide bonds. The van der Waals surface area contributed by atoms with Crippen LogP contribution in [0.4, 0.5) is 0 Å². The second kappa shape index (κ2) is 5.25. The van der Waals surface area contributed by atoms with Gasteiger partial charge in [0.05, 0.1) is 18.1 Å². The maximum atomic E-state index is 11.4. The molecule has 2 aromatic rings. The lowest BCUT2D eigenvalue weighted by Crippen LogP contribution is -2.45. The standard InChI is InChI=1S/C17H21N3O2/c1-17(2,3)11-6-4-10(5-7-11)14-15-12(18-9-19-15)8-13(20-14)16(21)22/h4-7,9,13-14,20H,8H2,1-3H3,(H,18,19)(H,21,22)/t13-,14-/m0/s1. The number of fused-ring (bicyclic) bond motifs is 1. The zero-order valence-corrected chi connectivity index (χ0v) is 13.1. The molecule has 0 unspecified atom stereocenters. The van der Waals surface area contributed by atoms with Gasteiger partial charge < -0.3 is 10.1 Å². The molecule has 0 radical (unpaired) electrons. The molecule has 1 aliphatic heterocycles. The van der Waals surface area contributed by atoms with Gasteiger partial charge in [0.25, 0.3) is 0 Å². The summed E-state index contributed by atoms with van der Waals surface area (Å²) < 4.78 is 0. The van der Waals surface area contributed by atoms with Crippen molar-refractivity contribution in [3.63, 3.8) is 0 Å². The maximum absolute atomic E-state index is 11.4. The van der Waals surface area contributed by atoms with Crippen molar-refractivity contribution in [1.29, 1.82) is 0 Å². The van der Waals surface area contributed by atoms with Crippen molar-refractivity contribution < 1.29 is 9.90 Å². The normalized spacial score (nSPS) is 21.4. The van der Waals surface area contributed by atoms with Crippen LogP contribution in [0.1, 0.15) is 49.3 Å². The van der Waals surface area contributed by atoms with Crippen LogP contribution in [-0.4, -0.2) is 27.1 Å². The monoisotopic (exact) mass is 299 g/mol. The first-order valence-corrected chi connectivity index (χ1v) is 7.47. The zero-order valence-electron chi connectivity index (χ0n) is 13.1. The van der Waals surface area contributed by atoms with E-state index in [1.807, 2.05) is 0 Å². The highest BCUT2D eigenvalue weighted by Crippen LogP contribution is 2.30. The number of hydrogen-bond donors (Lipinski definition) is 3. The zero-order chi connectivity index (χ0) is 15.9. The van der Waals surface area contributed by atoms with Gasteiger partial charge in [-0.3, -0.25) is 10.1 Å². The van der Waals surface area contributed by atoms with Gasteiger partial charge in [-0.25, -0.2) is 4.98 Å². The van der Waals surface area contributed by atoms with Gasteiger partial charge in [-0.05, 0) is 16.5 Å². The van der Waals surface area contributed by atoms with Crippen LogP contribution in [0.3, 0.4) is 0 Å². The van der Waals surface area contributed by atoms with E-state index in [2.05, 4.69) is 60.3 Å². The summed E-state index contributed by atoms with van der Waals surface area (Å²) in [6, 6.07) is 7.54. The van der Waals surface area contributed by atoms with Crippen LogP contribution in [0, 0.1) is 0 Å². The van der Waals surface area contributed by atoms with Crippen molar-refractivity contribution in [2.45, 2.75) is 44.7 Å². The van der Waals surface area contributed by atoms with Crippen molar-refractivity contribution in [3.8, 4) is 0 Å². The number of nitrogens with zero attached hydrogens (tertiary/aromatic N) is 1. The van der Waals surface area contributed by atoms with Gasteiger partial charge in [0.1, 0.15) is 6.04 Å². The fourth-order valence-corrected chi connectivity index (χ4v) is 2.88. The van der Waals surface area contributed by atoms with Crippen LogP contribution in [0.5, 0.6) is 0 Å². The lowest BCUT2D eigenvalue weighted by Gasteiger charge is -2.29. The molecular formula is C17H21N3O2. The highest BCUT2D eigenvalue weighted by Gasteiger charge is 2.33. The first-order valence-electron chi connectivity index (χ1n) is 7.47. The van der Waals surface area contributed by atoms with Gasteiger partial charge in [-0.15, -0.1) is 0 Å². The molecule has 5 heteroatoms. The summed E-state index contributed by atoms with van der Waals surface area (Å²) >= 11 is 0. The molecule has 3 N–H and O–H groups in total. The number of benzene rings is 1. The topological polar surface area (TPSA) is 78.0 Å². The minimum atomic E-state index is -0.837. The van der Waals surface area contributed by atoms with E-state index >= 15 is 0 Å². The average Bonchev–Trinajstić information content (AvgIpc) is 2.93. The van der Waals surface area contributed by atoms with Crippen LogP contribution in [0.25, 0.3) is 0 Å². The number of aromatic amines is 1. The lowest BCUT2D eigenvalue weighted by atomic mass is 9.85. The van der Waals surface area contributed by atoms with E-state index in [1.54, 1.807) is 6.33 Å². The summed E-state index contributed by atoms with van der Waals surface area (Å²) in [5.41, 5.74) is 4.17. The molecule has 0 fully saturated rings. The first-order chi connectivity index (χ1) is 10.4. The molecule has 1 aliphatic rings. The Bertz CT molecular complexity index is 683. The van der Waals surface area contributed by atoms with Gasteiger partial charge >= 0.3 is 5.97 Å². The van der Waals surface area contributed by atoms with Crippen LogP contribution < -0.4 is 5.32 Å². The summed E-state index contributed by atoms with van der Waals surface area (Å²) in [6.45, 7) is 6.52. The summed E-state index contributed by atoms with van der Waals surface area (Å²) in [5, 5.41) is 12.5. The van der Waals surface area contributed by atoms with Crippen molar-refractivity contribution in [1.82, 2.24) is 15.3 Å². The number of carbonyl (C=O) groups is 1. The number of aromatic nitrogens is 2. The number of carboxylic acids is 1. The third kappa shape index (κ3) is 2.64. The van der Waals surface area contributed by atoms with Gasteiger partial charge in [-0.2, -0.15) is 0 Å². The summed E-state index contributed by atoms with van der Waals surface area (Å²) in [4.78, 5) is 18.8. The molecule has 0 bridgehead atoms. The molecule has 2 heterocycles. The first kappa shape index (κ1) is 14.8. The summed E-state index contributed by atoms with van der Waals surface area (Å²) in [5.74, 6) is -0.837. The summed E-state index contributed by atoms with van der Waals surface area (Å²) in [6.07, 6.45) is 2.06. The van der Waals surface area contributed by atoms with Crippen molar-refractivity contribution in [2.75, 3.05) is 0 Å². The molecule has 1 aromatic heterocycles. The Balaban J connectivity index is 1.95. The average molecular weight is 299 g/mol. The smallest absolute Gasteiger partial charge is 0.321 e. The van der Waals surface area contributed by atoms with E-state index in [0.717, 1.165) is 17.0 Å². The van der Waals surface area contributed by atoms with Gasteiger partial charge in [0.15, 0.2) is 0 Å². The van der Waals surface area contributed by atoms with Crippen molar-refractivity contribution >= 4 is 5.97 Å². The Kier molecular flexibility index (Phi) is 3.53. The quantitative estimate of drug-likeness (QED) is 0.795. The van der Waals surface area contributed by atoms with Crippen LogP contribution in [0.15, 0.2) is 30.6 Å². The predicted molar refractivity (Wildman–Crippen MR) is 83.8 cm³/mol. The number of hydrogen-bond acceptors (Lipinski definition) is 3. The minimum absolute atomic E-state index is 0.0968. The van der Waals surface area contributed by atoms with E-state index in [1.165, 1.54) is 5.56 Å². The Labute approximate surface area is 129 Å².